The van der Waals surface area contributed by atoms with Crippen molar-refractivity contribution in [3.8, 4) is 0 Å². The lowest BCUT2D eigenvalue weighted by Crippen LogP contribution is -2.71. The van der Waals surface area contributed by atoms with E-state index in [0.717, 1.165) is 16.2 Å². The number of thioether (sulfide) groups is 1. The first kappa shape index (κ1) is 23.3. The number of hydrogen-bond acceptors (Lipinski definition) is 11. The van der Waals surface area contributed by atoms with Crippen LogP contribution < -0.4 is 11.1 Å². The van der Waals surface area contributed by atoms with Crippen molar-refractivity contribution in [1.29, 1.82) is 0 Å². The summed E-state index contributed by atoms with van der Waals surface area (Å²) in [6.45, 7) is 1.24. The first-order valence-electron chi connectivity index (χ1n) is 9.09. The van der Waals surface area contributed by atoms with Crippen molar-refractivity contribution in [1.82, 2.24) is 15.2 Å². The molecule has 1 fully saturated rings. The van der Waals surface area contributed by atoms with Gasteiger partial charge in [-0.15, -0.1) is 23.1 Å². The largest absolute Gasteiger partial charge is 0.477 e. The highest BCUT2D eigenvalue weighted by atomic mass is 32.2. The van der Waals surface area contributed by atoms with Gasteiger partial charge in [-0.3, -0.25) is 19.3 Å². The SMILES string of the molecule is CO/N=C(\C(=O)NC1C(=O)N2C(C(=O)O)=C(/C=C/COC(C)=O)CS[C@@H]12)c1csc(N)n1. The lowest BCUT2D eigenvalue weighted by Gasteiger charge is -2.49. The van der Waals surface area contributed by atoms with Gasteiger partial charge < -0.3 is 25.7 Å². The van der Waals surface area contributed by atoms with Gasteiger partial charge in [-0.2, -0.15) is 0 Å². The first-order chi connectivity index (χ1) is 15.2. The van der Waals surface area contributed by atoms with Gasteiger partial charge >= 0.3 is 11.9 Å². The number of nitrogens with two attached hydrogens (primary N) is 1. The minimum atomic E-state index is -1.28. The van der Waals surface area contributed by atoms with Crippen LogP contribution in [0.4, 0.5) is 5.13 Å². The van der Waals surface area contributed by atoms with Gasteiger partial charge in [0.1, 0.15) is 36.5 Å². The number of β-lactam (4-membered cyclic amide) rings is 1. The molecule has 170 valence electrons. The van der Waals surface area contributed by atoms with Crippen LogP contribution in [0.25, 0.3) is 0 Å². The second-order valence-electron chi connectivity index (χ2n) is 6.44. The van der Waals surface area contributed by atoms with Gasteiger partial charge in [0.05, 0.1) is 0 Å². The molecule has 1 unspecified atom stereocenters. The predicted octanol–water partition coefficient (Wildman–Crippen LogP) is -0.0663. The number of anilines is 1. The molecule has 2 atom stereocenters. The van der Waals surface area contributed by atoms with Crippen molar-refractivity contribution < 1.29 is 33.9 Å². The Morgan fingerprint density at radius 3 is 2.81 bits per heavy atom. The fourth-order valence-corrected chi connectivity index (χ4v) is 4.89. The zero-order chi connectivity index (χ0) is 23.4. The standard InChI is InChI=1S/C18H19N5O7S2/c1-8(24)30-5-3-4-9-6-31-16-12(15(26)23(16)13(9)17(27)28)21-14(25)11(22-29-2)10-7-32-18(19)20-10/h3-4,7,12,16H,5-6H2,1-2H3,(H2,19,20)(H,21,25)(H,27,28)/b4-3+,22-11-/t12?,16-/m0/s1. The van der Waals surface area contributed by atoms with Gasteiger partial charge in [0.15, 0.2) is 10.8 Å². The molecule has 2 aliphatic rings. The smallest absolute Gasteiger partial charge is 0.352 e. The zero-order valence-electron chi connectivity index (χ0n) is 16.9. The number of carbonyl (C=O) groups is 4. The number of thiazole rings is 1. The third kappa shape index (κ3) is 4.75. The Bertz CT molecular complexity index is 1050. The third-order valence-electron chi connectivity index (χ3n) is 4.35. The highest BCUT2D eigenvalue weighted by Gasteiger charge is 2.54. The molecule has 12 nitrogen and oxygen atoms in total. The number of carboxylic acids is 1. The van der Waals surface area contributed by atoms with Crippen molar-refractivity contribution in [2.75, 3.05) is 25.2 Å². The van der Waals surface area contributed by atoms with Gasteiger partial charge in [-0.1, -0.05) is 11.2 Å². The average Bonchev–Trinajstić information content (AvgIpc) is 3.17. The van der Waals surface area contributed by atoms with E-state index >= 15 is 0 Å². The van der Waals surface area contributed by atoms with E-state index in [4.69, 9.17) is 15.3 Å². The van der Waals surface area contributed by atoms with E-state index < -0.39 is 35.2 Å². The summed E-state index contributed by atoms with van der Waals surface area (Å²) in [6.07, 6.45) is 3.00. The van der Waals surface area contributed by atoms with Crippen molar-refractivity contribution in [3.05, 3.63) is 34.5 Å². The summed E-state index contributed by atoms with van der Waals surface area (Å²) >= 11 is 2.40. The number of fused-ring (bicyclic) bond motifs is 1. The number of esters is 1. The Morgan fingerprint density at radius 2 is 2.22 bits per heavy atom. The van der Waals surface area contributed by atoms with Gasteiger partial charge in [-0.25, -0.2) is 9.78 Å². The number of amides is 2. The first-order valence-corrected chi connectivity index (χ1v) is 11.0. The van der Waals surface area contributed by atoms with E-state index in [1.807, 2.05) is 0 Å². The Hall–Kier alpha value is -3.39. The number of allylic oxidation sites excluding steroid dienone is 1. The van der Waals surface area contributed by atoms with E-state index in [-0.39, 0.29) is 34.6 Å². The Labute approximate surface area is 190 Å². The fraction of sp³-hybridized carbons (Fsp3) is 0.333. The molecular formula is C18H19N5O7S2. The van der Waals surface area contributed by atoms with E-state index in [0.29, 0.717) is 5.57 Å². The molecule has 1 aromatic heterocycles. The number of nitrogens with one attached hydrogen (secondary N) is 1. The van der Waals surface area contributed by atoms with Crippen LogP contribution in [-0.4, -0.2) is 75.3 Å². The summed E-state index contributed by atoms with van der Waals surface area (Å²) < 4.78 is 4.79. The molecule has 0 aromatic carbocycles. The van der Waals surface area contributed by atoms with Gasteiger partial charge in [0.2, 0.25) is 0 Å². The summed E-state index contributed by atoms with van der Waals surface area (Å²) in [7, 11) is 1.26. The molecule has 0 radical (unpaired) electrons. The van der Waals surface area contributed by atoms with Crippen molar-refractivity contribution in [3.63, 3.8) is 0 Å². The predicted molar refractivity (Wildman–Crippen MR) is 116 cm³/mol. The molecule has 1 saturated heterocycles. The van der Waals surface area contributed by atoms with Crippen LogP contribution in [0.3, 0.4) is 0 Å². The van der Waals surface area contributed by atoms with Crippen molar-refractivity contribution in [2.24, 2.45) is 5.16 Å². The summed E-state index contributed by atoms with van der Waals surface area (Å²) in [6, 6.07) is -0.952. The van der Waals surface area contributed by atoms with Crippen molar-refractivity contribution >= 4 is 57.7 Å². The fourth-order valence-electron chi connectivity index (χ4n) is 3.03. The van der Waals surface area contributed by atoms with E-state index in [2.05, 4.69) is 15.5 Å². The molecule has 0 saturated carbocycles. The second kappa shape index (κ2) is 9.82. The van der Waals surface area contributed by atoms with Gasteiger partial charge in [-0.05, 0) is 11.6 Å². The van der Waals surface area contributed by atoms with E-state index in [1.165, 1.54) is 43.3 Å². The molecular weight excluding hydrogens is 462 g/mol. The number of oxime groups is 1. The Kier molecular flexibility index (Phi) is 7.15. The van der Waals surface area contributed by atoms with Crippen LogP contribution in [0, 0.1) is 0 Å². The van der Waals surface area contributed by atoms with Crippen LogP contribution in [0.1, 0.15) is 12.6 Å². The number of rotatable bonds is 8. The number of carbonyl (C=O) groups excluding carboxylic acids is 3. The van der Waals surface area contributed by atoms with E-state index in [1.54, 1.807) is 0 Å². The molecule has 0 aliphatic carbocycles. The molecule has 14 heteroatoms. The topological polar surface area (TPSA) is 174 Å². The minimum Gasteiger partial charge on any atom is -0.477 e. The minimum absolute atomic E-state index is 0.0187. The maximum atomic E-state index is 12.7. The summed E-state index contributed by atoms with van der Waals surface area (Å²) in [5.41, 5.74) is 5.85. The molecule has 3 heterocycles. The summed E-state index contributed by atoms with van der Waals surface area (Å²) in [5, 5.41) is 17.0. The van der Waals surface area contributed by atoms with Crippen LogP contribution in [0.15, 0.2) is 34.0 Å². The highest BCUT2D eigenvalue weighted by Crippen LogP contribution is 2.40. The maximum Gasteiger partial charge on any atom is 0.352 e. The number of aromatic nitrogens is 1. The molecule has 3 rings (SSSR count). The number of nitrogens with zero attached hydrogens (tertiary/aromatic N) is 3. The Balaban J connectivity index is 1.75. The van der Waals surface area contributed by atoms with Crippen LogP contribution in [-0.2, 0) is 28.8 Å². The number of nitrogen functional groups attached to an aromatic ring is 1. The second-order valence-corrected chi connectivity index (χ2v) is 8.43. The quantitative estimate of drug-likeness (QED) is 0.197. The number of aliphatic carboxylic acids is 1. The van der Waals surface area contributed by atoms with Crippen LogP contribution in [0.5, 0.6) is 0 Å². The summed E-state index contributed by atoms with van der Waals surface area (Å²) in [4.78, 5) is 57.9. The normalized spacial score (nSPS) is 20.6. The monoisotopic (exact) mass is 481 g/mol. The molecule has 1 aromatic rings. The Morgan fingerprint density at radius 1 is 1.47 bits per heavy atom. The number of carboxylic acid groups (broad SMARTS) is 1. The van der Waals surface area contributed by atoms with Crippen LogP contribution in [0.2, 0.25) is 0 Å². The molecule has 0 spiro atoms. The molecule has 2 amide bonds. The maximum absolute atomic E-state index is 12.7. The zero-order valence-corrected chi connectivity index (χ0v) is 18.6. The van der Waals surface area contributed by atoms with Gasteiger partial charge in [0.25, 0.3) is 11.8 Å². The lowest BCUT2D eigenvalue weighted by molar-refractivity contribution is -0.150. The molecule has 2 aliphatic heterocycles. The van der Waals surface area contributed by atoms with E-state index in [9.17, 15) is 24.3 Å². The van der Waals surface area contributed by atoms with Crippen LogP contribution >= 0.6 is 23.1 Å². The number of ether oxygens (including phenoxy) is 1. The molecule has 0 bridgehead atoms. The lowest BCUT2D eigenvalue weighted by atomic mass is 10.0. The van der Waals surface area contributed by atoms with Crippen molar-refractivity contribution in [2.45, 2.75) is 18.3 Å². The summed E-state index contributed by atoms with van der Waals surface area (Å²) in [5.74, 6) is -2.74. The average molecular weight is 482 g/mol. The third-order valence-corrected chi connectivity index (χ3v) is 6.33. The number of hydrogen-bond donors (Lipinski definition) is 3. The molecule has 4 N–H and O–H groups in total. The molecule has 32 heavy (non-hydrogen) atoms. The van der Waals surface area contributed by atoms with Gasteiger partial charge in [0, 0.05) is 18.1 Å². The highest BCUT2D eigenvalue weighted by molar-refractivity contribution is 8.00.